The number of aliphatic hydroxyl groups excluding tert-OH is 1. The highest BCUT2D eigenvalue weighted by atomic mass is 32.2. The number of ether oxygens (including phenoxy) is 1. The Morgan fingerprint density at radius 1 is 1.15 bits per heavy atom. The number of hydrogen-bond acceptors (Lipinski definition) is 5. The number of benzene rings is 2. The first-order chi connectivity index (χ1) is 12.4. The van der Waals surface area contributed by atoms with E-state index in [4.69, 9.17) is 4.74 Å². The van der Waals surface area contributed by atoms with E-state index in [-0.39, 0.29) is 30.3 Å². The Morgan fingerprint density at radius 2 is 1.81 bits per heavy atom. The number of carbonyl (C=O) groups is 1. The highest BCUT2D eigenvalue weighted by Crippen LogP contribution is 2.29. The van der Waals surface area contributed by atoms with Gasteiger partial charge in [-0.2, -0.15) is 4.31 Å². The Bertz CT molecular complexity index is 865. The molecule has 0 spiro atoms. The monoisotopic (exact) mass is 375 g/mol. The van der Waals surface area contributed by atoms with Crippen LogP contribution in [-0.2, 0) is 14.8 Å². The van der Waals surface area contributed by atoms with Gasteiger partial charge in [0, 0.05) is 5.56 Å². The molecule has 2 aromatic rings. The number of ketones is 1. The van der Waals surface area contributed by atoms with Crippen molar-refractivity contribution in [2.24, 2.45) is 0 Å². The molecule has 0 bridgehead atoms. The van der Waals surface area contributed by atoms with Gasteiger partial charge in [-0.1, -0.05) is 48.0 Å². The SMILES string of the molecule is Cc1ccc(S(=O)(=O)N2[C@@H](CO)CO[C@H]2CC(=O)c2ccccc2)cc1. The number of nitrogens with zero attached hydrogens (tertiary/aromatic N) is 1. The molecule has 2 aromatic carbocycles. The Labute approximate surface area is 153 Å². The lowest BCUT2D eigenvalue weighted by Crippen LogP contribution is -2.44. The lowest BCUT2D eigenvalue weighted by Gasteiger charge is -2.26. The van der Waals surface area contributed by atoms with Gasteiger partial charge in [-0.05, 0) is 19.1 Å². The van der Waals surface area contributed by atoms with Gasteiger partial charge in [0.1, 0.15) is 6.23 Å². The minimum Gasteiger partial charge on any atom is -0.395 e. The number of Topliss-reactive ketones (excluding diaryl/α,β-unsaturated/α-hetero) is 1. The van der Waals surface area contributed by atoms with Crippen LogP contribution in [0.4, 0.5) is 0 Å². The largest absolute Gasteiger partial charge is 0.395 e. The second kappa shape index (κ2) is 7.67. The Balaban J connectivity index is 1.88. The summed E-state index contributed by atoms with van der Waals surface area (Å²) in [7, 11) is -3.90. The first kappa shape index (κ1) is 18.7. The van der Waals surface area contributed by atoms with Gasteiger partial charge in [0.2, 0.25) is 10.0 Å². The molecule has 7 heteroatoms. The maximum absolute atomic E-state index is 13.1. The fourth-order valence-corrected chi connectivity index (χ4v) is 4.66. The van der Waals surface area contributed by atoms with E-state index in [0.717, 1.165) is 9.87 Å². The summed E-state index contributed by atoms with van der Waals surface area (Å²) in [6.45, 7) is 1.54. The van der Waals surface area contributed by atoms with E-state index in [1.54, 1.807) is 42.5 Å². The fourth-order valence-electron chi connectivity index (χ4n) is 2.97. The van der Waals surface area contributed by atoms with Crippen molar-refractivity contribution in [2.45, 2.75) is 30.5 Å². The zero-order valence-corrected chi connectivity index (χ0v) is 15.2. The van der Waals surface area contributed by atoms with Gasteiger partial charge in [0.15, 0.2) is 5.78 Å². The number of hydrogen-bond donors (Lipinski definition) is 1. The van der Waals surface area contributed by atoms with Crippen LogP contribution in [0.25, 0.3) is 0 Å². The predicted molar refractivity (Wildman–Crippen MR) is 96.2 cm³/mol. The smallest absolute Gasteiger partial charge is 0.245 e. The molecule has 0 aliphatic carbocycles. The third kappa shape index (κ3) is 3.71. The molecule has 2 atom stereocenters. The molecule has 26 heavy (non-hydrogen) atoms. The van der Waals surface area contributed by atoms with Gasteiger partial charge < -0.3 is 9.84 Å². The number of sulfonamides is 1. The van der Waals surface area contributed by atoms with Gasteiger partial charge in [-0.25, -0.2) is 8.42 Å². The van der Waals surface area contributed by atoms with Crippen molar-refractivity contribution >= 4 is 15.8 Å². The van der Waals surface area contributed by atoms with E-state index in [1.807, 2.05) is 6.92 Å². The summed E-state index contributed by atoms with van der Waals surface area (Å²) in [5.74, 6) is -0.210. The second-order valence-electron chi connectivity index (χ2n) is 6.27. The van der Waals surface area contributed by atoms with Crippen LogP contribution in [0, 0.1) is 6.92 Å². The third-order valence-electron chi connectivity index (χ3n) is 4.39. The van der Waals surface area contributed by atoms with Crippen LogP contribution in [0.2, 0.25) is 0 Å². The van der Waals surface area contributed by atoms with E-state index < -0.39 is 22.3 Å². The Morgan fingerprint density at radius 3 is 2.42 bits per heavy atom. The molecule has 6 nitrogen and oxygen atoms in total. The van der Waals surface area contributed by atoms with Crippen LogP contribution in [0.1, 0.15) is 22.3 Å². The van der Waals surface area contributed by atoms with Crippen molar-refractivity contribution in [1.29, 1.82) is 0 Å². The molecule has 0 aromatic heterocycles. The van der Waals surface area contributed by atoms with Crippen molar-refractivity contribution < 1.29 is 23.1 Å². The molecule has 138 valence electrons. The minimum atomic E-state index is -3.90. The Kier molecular flexibility index (Phi) is 5.52. The van der Waals surface area contributed by atoms with Crippen LogP contribution in [0.3, 0.4) is 0 Å². The average molecular weight is 375 g/mol. The summed E-state index contributed by atoms with van der Waals surface area (Å²) in [6, 6.07) is 14.4. The number of rotatable bonds is 6. The maximum Gasteiger partial charge on any atom is 0.245 e. The van der Waals surface area contributed by atoms with Crippen LogP contribution < -0.4 is 0 Å². The second-order valence-corrected chi connectivity index (χ2v) is 8.11. The number of aliphatic hydroxyl groups is 1. The quantitative estimate of drug-likeness (QED) is 0.781. The lowest BCUT2D eigenvalue weighted by atomic mass is 10.1. The van der Waals surface area contributed by atoms with Gasteiger partial charge >= 0.3 is 0 Å². The standard InChI is InChI=1S/C19H21NO5S/c1-14-7-9-17(10-8-14)26(23,24)20-16(12-21)13-25-19(20)11-18(22)15-5-3-2-4-6-15/h2-10,16,19,21H,11-13H2,1H3/t16-,19-/m0/s1. The summed E-state index contributed by atoms with van der Waals surface area (Å²) in [6.07, 6.45) is -1.04. The molecular formula is C19H21NO5S. The molecular weight excluding hydrogens is 354 g/mol. The average Bonchev–Trinajstić information content (AvgIpc) is 3.06. The van der Waals surface area contributed by atoms with Crippen molar-refractivity contribution in [3.05, 3.63) is 65.7 Å². The highest BCUT2D eigenvalue weighted by Gasteiger charge is 2.43. The van der Waals surface area contributed by atoms with E-state index in [0.29, 0.717) is 5.56 Å². The zero-order valence-electron chi connectivity index (χ0n) is 14.4. The van der Waals surface area contributed by atoms with Crippen LogP contribution in [0.5, 0.6) is 0 Å². The van der Waals surface area contributed by atoms with E-state index in [9.17, 15) is 18.3 Å². The van der Waals surface area contributed by atoms with Gasteiger partial charge in [-0.3, -0.25) is 4.79 Å². The third-order valence-corrected chi connectivity index (χ3v) is 6.34. The van der Waals surface area contributed by atoms with Crippen LogP contribution >= 0.6 is 0 Å². The first-order valence-electron chi connectivity index (χ1n) is 8.34. The van der Waals surface area contributed by atoms with Gasteiger partial charge in [0.25, 0.3) is 0 Å². The van der Waals surface area contributed by atoms with E-state index in [1.165, 1.54) is 12.1 Å². The summed E-state index contributed by atoms with van der Waals surface area (Å²) >= 11 is 0. The van der Waals surface area contributed by atoms with Crippen molar-refractivity contribution in [2.75, 3.05) is 13.2 Å². The van der Waals surface area contributed by atoms with Crippen LogP contribution in [-0.4, -0.2) is 49.1 Å². The molecule has 0 unspecified atom stereocenters. The van der Waals surface area contributed by atoms with E-state index >= 15 is 0 Å². The van der Waals surface area contributed by atoms with Crippen molar-refractivity contribution in [3.8, 4) is 0 Å². The summed E-state index contributed by atoms with van der Waals surface area (Å²) in [5, 5.41) is 9.59. The van der Waals surface area contributed by atoms with Gasteiger partial charge in [-0.15, -0.1) is 0 Å². The zero-order chi connectivity index (χ0) is 18.7. The minimum absolute atomic E-state index is 0.0499. The first-order valence-corrected chi connectivity index (χ1v) is 9.78. The fraction of sp³-hybridized carbons (Fsp3) is 0.316. The number of aryl methyl sites for hydroxylation is 1. The molecule has 1 saturated heterocycles. The molecule has 0 radical (unpaired) electrons. The maximum atomic E-state index is 13.1. The molecule has 1 aliphatic heterocycles. The van der Waals surface area contributed by atoms with Gasteiger partial charge in [0.05, 0.1) is 30.6 Å². The molecule has 1 aliphatic rings. The topological polar surface area (TPSA) is 83.9 Å². The predicted octanol–water partition coefficient (Wildman–Crippen LogP) is 1.98. The molecule has 0 saturated carbocycles. The Hall–Kier alpha value is -2.06. The van der Waals surface area contributed by atoms with Crippen molar-refractivity contribution in [3.63, 3.8) is 0 Å². The molecule has 1 N–H and O–H groups in total. The molecule has 3 rings (SSSR count). The molecule has 1 heterocycles. The summed E-state index contributed by atoms with van der Waals surface area (Å²) in [4.78, 5) is 12.6. The van der Waals surface area contributed by atoms with Crippen molar-refractivity contribution in [1.82, 2.24) is 4.31 Å². The highest BCUT2D eigenvalue weighted by molar-refractivity contribution is 7.89. The normalized spacial score (nSPS) is 21.0. The summed E-state index contributed by atoms with van der Waals surface area (Å²) in [5.41, 5.74) is 1.44. The summed E-state index contributed by atoms with van der Waals surface area (Å²) < 4.78 is 32.8. The van der Waals surface area contributed by atoms with Crippen LogP contribution in [0.15, 0.2) is 59.5 Å². The number of carbonyl (C=O) groups excluding carboxylic acids is 1. The molecule has 0 amide bonds. The van der Waals surface area contributed by atoms with E-state index in [2.05, 4.69) is 0 Å². The lowest BCUT2D eigenvalue weighted by molar-refractivity contribution is 0.0536. The molecule has 1 fully saturated rings.